The molecule has 1 aliphatic heterocycles. The third-order valence-electron chi connectivity index (χ3n) is 3.68. The van der Waals surface area contributed by atoms with Gasteiger partial charge in [0.05, 0.1) is 0 Å². The van der Waals surface area contributed by atoms with Crippen LogP contribution in [-0.4, -0.2) is 27.7 Å². The van der Waals surface area contributed by atoms with Crippen LogP contribution in [0.5, 0.6) is 0 Å². The molecule has 0 saturated carbocycles. The quantitative estimate of drug-likeness (QED) is 0.342. The molecule has 0 aromatic heterocycles. The monoisotopic (exact) mass is 347 g/mol. The molecule has 0 aliphatic carbocycles. The predicted octanol–water partition coefficient (Wildman–Crippen LogP) is 2.62. The van der Waals surface area contributed by atoms with Crippen LogP contribution in [0.4, 0.5) is 0 Å². The average molecular weight is 348 g/mol. The van der Waals surface area contributed by atoms with Crippen LogP contribution in [0.15, 0.2) is 0 Å². The summed E-state index contributed by atoms with van der Waals surface area (Å²) in [5.41, 5.74) is 0. The second kappa shape index (κ2) is 9.10. The first-order valence-corrected chi connectivity index (χ1v) is 8.00. The van der Waals surface area contributed by atoms with E-state index in [1.807, 2.05) is 0 Å². The molecule has 0 aromatic carbocycles. The number of rotatable bonds is 11. The lowest BCUT2D eigenvalue weighted by molar-refractivity contribution is -0.137. The van der Waals surface area contributed by atoms with Crippen LogP contribution in [0.3, 0.4) is 0 Å². The first-order chi connectivity index (χ1) is 9.50. The fourth-order valence-electron chi connectivity index (χ4n) is 2.45. The number of nitrogens with one attached hydrogen (secondary N) is 1. The molecule has 2 unspecified atom stereocenters. The number of carboxylic acid groups (broad SMARTS) is 1. The van der Waals surface area contributed by atoms with Gasteiger partial charge >= 0.3 is 5.97 Å². The Morgan fingerprint density at radius 1 is 1.20 bits per heavy atom. The fraction of sp³-hybridized carbons (Fsp3) is 0.786. The van der Waals surface area contributed by atoms with E-state index < -0.39 is 5.97 Å². The van der Waals surface area contributed by atoms with Crippen LogP contribution in [0.2, 0.25) is 0 Å². The maximum atomic E-state index is 11.5. The number of aliphatic carboxylic acids is 1. The molecule has 0 bridgehead atoms. The van der Waals surface area contributed by atoms with Gasteiger partial charge in [0, 0.05) is 24.8 Å². The Morgan fingerprint density at radius 2 is 1.75 bits per heavy atom. The van der Waals surface area contributed by atoms with Crippen LogP contribution >= 0.6 is 15.9 Å². The summed E-state index contributed by atoms with van der Waals surface area (Å²) in [6.45, 7) is 0. The summed E-state index contributed by atoms with van der Waals surface area (Å²) in [6, 6.07) is 0.00458. The van der Waals surface area contributed by atoms with E-state index in [4.69, 9.17) is 5.11 Å². The number of hydrogen-bond donors (Lipinski definition) is 2. The first kappa shape index (κ1) is 17.1. The topological polar surface area (TPSA) is 83.5 Å². The number of unbranched alkanes of at least 4 members (excludes halogenated alkanes) is 5. The van der Waals surface area contributed by atoms with Crippen LogP contribution in [-0.2, 0) is 14.4 Å². The van der Waals surface area contributed by atoms with Gasteiger partial charge in [0.15, 0.2) is 0 Å². The minimum absolute atomic E-state index is 0.00458. The Balaban J connectivity index is 2.02. The van der Waals surface area contributed by atoms with Gasteiger partial charge in [-0.05, 0) is 28.8 Å². The van der Waals surface area contributed by atoms with E-state index in [1.54, 1.807) is 0 Å². The second-order valence-electron chi connectivity index (χ2n) is 5.34. The molecule has 114 valence electrons. The van der Waals surface area contributed by atoms with Gasteiger partial charge < -0.3 is 10.4 Å². The minimum atomic E-state index is -0.730. The number of hydrogen-bond acceptors (Lipinski definition) is 3. The van der Waals surface area contributed by atoms with Gasteiger partial charge in [-0.2, -0.15) is 0 Å². The Morgan fingerprint density at radius 3 is 2.25 bits per heavy atom. The van der Waals surface area contributed by atoms with Gasteiger partial charge in [-0.3, -0.25) is 14.4 Å². The van der Waals surface area contributed by atoms with Crippen molar-refractivity contribution in [2.24, 2.45) is 5.92 Å². The van der Waals surface area contributed by atoms with Gasteiger partial charge in [-0.25, -0.2) is 0 Å². The molecular formula is C14H22BrNO4. The van der Waals surface area contributed by atoms with Crippen molar-refractivity contribution in [1.29, 1.82) is 0 Å². The number of carboxylic acids is 1. The van der Waals surface area contributed by atoms with Crippen molar-refractivity contribution < 1.29 is 19.5 Å². The summed E-state index contributed by atoms with van der Waals surface area (Å²) in [7, 11) is 0. The summed E-state index contributed by atoms with van der Waals surface area (Å²) in [6.07, 6.45) is 7.32. The molecule has 20 heavy (non-hydrogen) atoms. The average Bonchev–Trinajstić information content (AvgIpc) is 2.33. The van der Waals surface area contributed by atoms with Crippen LogP contribution in [0, 0.1) is 5.92 Å². The van der Waals surface area contributed by atoms with Crippen molar-refractivity contribution in [3.05, 3.63) is 0 Å². The van der Waals surface area contributed by atoms with E-state index in [-0.39, 0.29) is 29.0 Å². The molecule has 2 N–H and O–H groups in total. The normalized spacial score (nSPS) is 19.1. The molecular weight excluding hydrogens is 326 g/mol. The molecule has 5 nitrogen and oxygen atoms in total. The van der Waals surface area contributed by atoms with Crippen molar-refractivity contribution in [2.45, 2.75) is 63.8 Å². The summed E-state index contributed by atoms with van der Waals surface area (Å²) >= 11 is 3.01. The Labute approximate surface area is 127 Å². The molecule has 0 radical (unpaired) electrons. The van der Waals surface area contributed by atoms with Gasteiger partial charge in [0.1, 0.15) is 0 Å². The zero-order valence-electron chi connectivity index (χ0n) is 11.6. The highest BCUT2D eigenvalue weighted by atomic mass is 79.9. The van der Waals surface area contributed by atoms with Gasteiger partial charge in [-0.15, -0.1) is 0 Å². The highest BCUT2D eigenvalue weighted by molar-refractivity contribution is 9.18. The summed E-state index contributed by atoms with van der Waals surface area (Å²) in [4.78, 5) is 32.7. The number of carbonyl (C=O) groups is 3. The predicted molar refractivity (Wildman–Crippen MR) is 78.5 cm³/mol. The summed E-state index contributed by atoms with van der Waals surface area (Å²) < 4.78 is -0.0241. The molecule has 1 fully saturated rings. The molecule has 0 aromatic rings. The van der Waals surface area contributed by atoms with Crippen molar-refractivity contribution >= 4 is 32.5 Å². The van der Waals surface area contributed by atoms with E-state index in [0.717, 1.165) is 44.9 Å². The molecule has 1 amide bonds. The number of amides is 1. The summed E-state index contributed by atoms with van der Waals surface area (Å²) in [5, 5.41) is 11.3. The molecule has 1 heterocycles. The maximum absolute atomic E-state index is 11.5. The zero-order chi connectivity index (χ0) is 15.0. The maximum Gasteiger partial charge on any atom is 0.303 e. The lowest BCUT2D eigenvalue weighted by Crippen LogP contribution is -2.53. The van der Waals surface area contributed by atoms with E-state index in [2.05, 4.69) is 21.2 Å². The smallest absolute Gasteiger partial charge is 0.303 e. The Kier molecular flexibility index (Phi) is 7.80. The molecule has 1 saturated heterocycles. The molecule has 2 atom stereocenters. The SMILES string of the molecule is O=C(O)CCCCCCCCC(C(=O)Br)C1CC(=O)N1. The van der Waals surface area contributed by atoms with Gasteiger partial charge in [-0.1, -0.05) is 32.1 Å². The van der Waals surface area contributed by atoms with Crippen molar-refractivity contribution in [3.8, 4) is 0 Å². The zero-order valence-corrected chi connectivity index (χ0v) is 13.2. The Hall–Kier alpha value is -0.910. The standard InChI is InChI=1S/C14H22BrNO4/c15-14(20)10(11-9-12(17)16-11)7-5-3-1-2-4-6-8-13(18)19/h10-11H,1-9H2,(H,16,17)(H,18,19). The lowest BCUT2D eigenvalue weighted by Gasteiger charge is -2.32. The molecule has 1 aliphatic rings. The molecule has 0 spiro atoms. The number of halogens is 1. The fourth-order valence-corrected chi connectivity index (χ4v) is 3.00. The van der Waals surface area contributed by atoms with Crippen molar-refractivity contribution in [2.75, 3.05) is 0 Å². The van der Waals surface area contributed by atoms with E-state index in [1.165, 1.54) is 0 Å². The van der Waals surface area contributed by atoms with E-state index >= 15 is 0 Å². The minimum Gasteiger partial charge on any atom is -0.481 e. The summed E-state index contributed by atoms with van der Waals surface area (Å²) in [5.74, 6) is -0.821. The second-order valence-corrected chi connectivity index (χ2v) is 6.12. The highest BCUT2D eigenvalue weighted by Gasteiger charge is 2.35. The first-order valence-electron chi connectivity index (χ1n) is 7.21. The van der Waals surface area contributed by atoms with Gasteiger partial charge in [0.2, 0.25) is 10.6 Å². The van der Waals surface area contributed by atoms with Crippen molar-refractivity contribution in [1.82, 2.24) is 5.32 Å². The lowest BCUT2D eigenvalue weighted by atomic mass is 9.88. The highest BCUT2D eigenvalue weighted by Crippen LogP contribution is 2.24. The third kappa shape index (κ3) is 6.50. The number of β-lactam (4-membered cyclic amide) rings is 1. The molecule has 1 rings (SSSR count). The van der Waals surface area contributed by atoms with E-state index in [9.17, 15) is 14.4 Å². The van der Waals surface area contributed by atoms with Crippen LogP contribution in [0.25, 0.3) is 0 Å². The van der Waals surface area contributed by atoms with Crippen LogP contribution < -0.4 is 5.32 Å². The van der Waals surface area contributed by atoms with Crippen LogP contribution in [0.1, 0.15) is 57.8 Å². The Bertz CT molecular complexity index is 351. The molecule has 6 heteroatoms. The van der Waals surface area contributed by atoms with Gasteiger partial charge in [0.25, 0.3) is 0 Å². The van der Waals surface area contributed by atoms with Crippen molar-refractivity contribution in [3.63, 3.8) is 0 Å². The van der Waals surface area contributed by atoms with E-state index in [0.29, 0.717) is 6.42 Å². The number of carbonyl (C=O) groups excluding carboxylic acids is 2. The largest absolute Gasteiger partial charge is 0.481 e. The third-order valence-corrected chi connectivity index (χ3v) is 4.27.